The molecule has 0 aliphatic heterocycles. The molecule has 88 valence electrons. The summed E-state index contributed by atoms with van der Waals surface area (Å²) in [7, 11) is 0. The molecule has 0 aliphatic rings. The predicted octanol–water partition coefficient (Wildman–Crippen LogP) is 3.87. The van der Waals surface area contributed by atoms with E-state index in [1.165, 1.54) is 5.56 Å². The maximum absolute atomic E-state index is 5.97. The van der Waals surface area contributed by atoms with Crippen LogP contribution in [0.3, 0.4) is 0 Å². The summed E-state index contributed by atoms with van der Waals surface area (Å²) in [6.07, 6.45) is 2.58. The first-order chi connectivity index (χ1) is 8.81. The molecule has 1 aromatic heterocycles. The van der Waals surface area contributed by atoms with Crippen LogP contribution in [0.2, 0.25) is 5.02 Å². The predicted molar refractivity (Wildman–Crippen MR) is 73.8 cm³/mol. The van der Waals surface area contributed by atoms with Crippen molar-refractivity contribution in [2.45, 2.75) is 6.42 Å². The molecule has 18 heavy (non-hydrogen) atoms. The molecule has 0 saturated carbocycles. The number of aromatic nitrogens is 2. The quantitative estimate of drug-likeness (QED) is 0.694. The van der Waals surface area contributed by atoms with E-state index in [-0.39, 0.29) is 0 Å². The second-order valence-corrected chi connectivity index (χ2v) is 4.59. The second kappa shape index (κ2) is 4.75. The molecular weight excluding hydrogens is 244 g/mol. The van der Waals surface area contributed by atoms with Crippen LogP contribution >= 0.6 is 11.6 Å². The molecule has 3 rings (SSSR count). The van der Waals surface area contributed by atoms with Gasteiger partial charge in [0, 0.05) is 23.0 Å². The largest absolute Gasteiger partial charge is 0.240 e. The smallest absolute Gasteiger partial charge is 0.133 e. The molecule has 0 atom stereocenters. The van der Waals surface area contributed by atoms with E-state index < -0.39 is 0 Å². The summed E-state index contributed by atoms with van der Waals surface area (Å²) in [6.45, 7) is 0. The Hall–Kier alpha value is -1.93. The van der Waals surface area contributed by atoms with Crippen LogP contribution in [0.1, 0.15) is 11.4 Å². The first kappa shape index (κ1) is 11.2. The van der Waals surface area contributed by atoms with E-state index in [0.29, 0.717) is 5.02 Å². The molecule has 0 radical (unpaired) electrons. The Kier molecular flexibility index (Phi) is 2.95. The lowest BCUT2D eigenvalue weighted by Crippen LogP contribution is -1.96. The average Bonchev–Trinajstić information content (AvgIpc) is 2.39. The lowest BCUT2D eigenvalue weighted by Gasteiger charge is -2.02. The molecule has 0 aliphatic carbocycles. The topological polar surface area (TPSA) is 25.8 Å². The van der Waals surface area contributed by atoms with Gasteiger partial charge in [0.1, 0.15) is 5.82 Å². The molecule has 2 aromatic carbocycles. The van der Waals surface area contributed by atoms with Crippen molar-refractivity contribution < 1.29 is 0 Å². The van der Waals surface area contributed by atoms with Crippen LogP contribution in [0.15, 0.2) is 54.7 Å². The SMILES string of the molecule is Clc1ccc2cnc(Cc3ccccc3)nc2c1. The summed E-state index contributed by atoms with van der Waals surface area (Å²) < 4.78 is 0. The molecule has 3 aromatic rings. The van der Waals surface area contributed by atoms with Gasteiger partial charge in [0.05, 0.1) is 5.52 Å². The summed E-state index contributed by atoms with van der Waals surface area (Å²) >= 11 is 5.97. The van der Waals surface area contributed by atoms with E-state index in [1.54, 1.807) is 0 Å². The molecule has 0 fully saturated rings. The van der Waals surface area contributed by atoms with Crippen LogP contribution in [0.5, 0.6) is 0 Å². The van der Waals surface area contributed by atoms with Crippen LogP contribution in [-0.4, -0.2) is 9.97 Å². The van der Waals surface area contributed by atoms with Gasteiger partial charge in [-0.1, -0.05) is 41.9 Å². The van der Waals surface area contributed by atoms with Crippen LogP contribution in [0.4, 0.5) is 0 Å². The highest BCUT2D eigenvalue weighted by atomic mass is 35.5. The standard InChI is InChI=1S/C15H11ClN2/c16-13-7-6-12-10-17-15(18-14(12)9-13)8-11-4-2-1-3-5-11/h1-7,9-10H,8H2. The van der Waals surface area contributed by atoms with Gasteiger partial charge in [-0.15, -0.1) is 0 Å². The van der Waals surface area contributed by atoms with E-state index in [4.69, 9.17) is 11.6 Å². The van der Waals surface area contributed by atoms with Crippen LogP contribution in [0, 0.1) is 0 Å². The Morgan fingerprint density at radius 2 is 1.83 bits per heavy atom. The van der Waals surface area contributed by atoms with Crippen molar-refractivity contribution in [3.63, 3.8) is 0 Å². The normalized spacial score (nSPS) is 10.7. The fourth-order valence-electron chi connectivity index (χ4n) is 1.90. The minimum atomic E-state index is 0.701. The zero-order valence-electron chi connectivity index (χ0n) is 9.68. The Labute approximate surface area is 110 Å². The molecule has 0 N–H and O–H groups in total. The van der Waals surface area contributed by atoms with Gasteiger partial charge in [-0.25, -0.2) is 9.97 Å². The monoisotopic (exact) mass is 254 g/mol. The van der Waals surface area contributed by atoms with Crippen molar-refractivity contribution in [3.8, 4) is 0 Å². The third-order valence-corrected chi connectivity index (χ3v) is 3.03. The Balaban J connectivity index is 1.98. The first-order valence-corrected chi connectivity index (χ1v) is 6.14. The summed E-state index contributed by atoms with van der Waals surface area (Å²) in [4.78, 5) is 8.91. The summed E-state index contributed by atoms with van der Waals surface area (Å²) in [6, 6.07) is 15.9. The molecular formula is C15H11ClN2. The molecule has 0 saturated heterocycles. The van der Waals surface area contributed by atoms with E-state index in [2.05, 4.69) is 22.1 Å². The van der Waals surface area contributed by atoms with E-state index in [0.717, 1.165) is 23.1 Å². The molecule has 0 spiro atoms. The van der Waals surface area contributed by atoms with Gasteiger partial charge < -0.3 is 0 Å². The van der Waals surface area contributed by atoms with Crippen LogP contribution in [-0.2, 0) is 6.42 Å². The van der Waals surface area contributed by atoms with E-state index in [1.807, 2.05) is 42.6 Å². The molecule has 2 nitrogen and oxygen atoms in total. The minimum Gasteiger partial charge on any atom is -0.240 e. The van der Waals surface area contributed by atoms with Crippen molar-refractivity contribution >= 4 is 22.5 Å². The Bertz CT molecular complexity index is 680. The molecule has 0 bridgehead atoms. The lowest BCUT2D eigenvalue weighted by molar-refractivity contribution is 0.993. The van der Waals surface area contributed by atoms with E-state index >= 15 is 0 Å². The minimum absolute atomic E-state index is 0.701. The van der Waals surface area contributed by atoms with Crippen molar-refractivity contribution in [2.24, 2.45) is 0 Å². The van der Waals surface area contributed by atoms with Crippen LogP contribution in [0.25, 0.3) is 10.9 Å². The fraction of sp³-hybridized carbons (Fsp3) is 0.0667. The number of benzene rings is 2. The highest BCUT2D eigenvalue weighted by Gasteiger charge is 2.02. The number of rotatable bonds is 2. The zero-order valence-corrected chi connectivity index (χ0v) is 10.4. The maximum atomic E-state index is 5.97. The lowest BCUT2D eigenvalue weighted by atomic mass is 10.1. The van der Waals surface area contributed by atoms with Gasteiger partial charge in [-0.3, -0.25) is 0 Å². The Morgan fingerprint density at radius 1 is 1.00 bits per heavy atom. The fourth-order valence-corrected chi connectivity index (χ4v) is 2.06. The van der Waals surface area contributed by atoms with Gasteiger partial charge in [-0.05, 0) is 23.8 Å². The van der Waals surface area contributed by atoms with Crippen molar-refractivity contribution in [1.29, 1.82) is 0 Å². The third-order valence-electron chi connectivity index (χ3n) is 2.80. The van der Waals surface area contributed by atoms with Crippen molar-refractivity contribution in [1.82, 2.24) is 9.97 Å². The molecule has 1 heterocycles. The number of nitrogens with zero attached hydrogens (tertiary/aromatic N) is 2. The number of hydrogen-bond donors (Lipinski definition) is 0. The van der Waals surface area contributed by atoms with Crippen molar-refractivity contribution in [3.05, 3.63) is 71.1 Å². The summed E-state index contributed by atoms with van der Waals surface area (Å²) in [5, 5.41) is 1.71. The second-order valence-electron chi connectivity index (χ2n) is 4.15. The van der Waals surface area contributed by atoms with Gasteiger partial charge in [-0.2, -0.15) is 0 Å². The van der Waals surface area contributed by atoms with Crippen LogP contribution < -0.4 is 0 Å². The van der Waals surface area contributed by atoms with Gasteiger partial charge in [0.25, 0.3) is 0 Å². The summed E-state index contributed by atoms with van der Waals surface area (Å²) in [5.41, 5.74) is 2.10. The highest BCUT2D eigenvalue weighted by molar-refractivity contribution is 6.31. The molecule has 3 heteroatoms. The van der Waals surface area contributed by atoms with Gasteiger partial charge in [0.2, 0.25) is 0 Å². The zero-order chi connectivity index (χ0) is 12.4. The number of halogens is 1. The average molecular weight is 255 g/mol. The third kappa shape index (κ3) is 2.34. The van der Waals surface area contributed by atoms with E-state index in [9.17, 15) is 0 Å². The Morgan fingerprint density at radius 3 is 2.67 bits per heavy atom. The highest BCUT2D eigenvalue weighted by Crippen LogP contribution is 2.17. The van der Waals surface area contributed by atoms with Gasteiger partial charge in [0.15, 0.2) is 0 Å². The number of hydrogen-bond acceptors (Lipinski definition) is 2. The first-order valence-electron chi connectivity index (χ1n) is 5.76. The number of fused-ring (bicyclic) bond motifs is 1. The maximum Gasteiger partial charge on any atom is 0.133 e. The van der Waals surface area contributed by atoms with Gasteiger partial charge >= 0.3 is 0 Å². The summed E-state index contributed by atoms with van der Waals surface area (Å²) in [5.74, 6) is 0.816. The van der Waals surface area contributed by atoms with Crippen molar-refractivity contribution in [2.75, 3.05) is 0 Å². The molecule has 0 unspecified atom stereocenters. The molecule has 0 amide bonds.